The van der Waals surface area contributed by atoms with Crippen molar-refractivity contribution in [3.05, 3.63) is 39.8 Å². The van der Waals surface area contributed by atoms with E-state index in [0.29, 0.717) is 10.2 Å². The van der Waals surface area contributed by atoms with Gasteiger partial charge in [-0.2, -0.15) is 5.10 Å². The molecule has 0 bridgehead atoms. The van der Waals surface area contributed by atoms with Crippen molar-refractivity contribution in [2.75, 3.05) is 12.0 Å². The lowest BCUT2D eigenvalue weighted by atomic mass is 10.5. The van der Waals surface area contributed by atoms with Gasteiger partial charge in [-0.3, -0.25) is 14.9 Å². The minimum atomic E-state index is -0.654. The maximum absolute atomic E-state index is 11.7. The number of carbonyl (C=O) groups is 1. The monoisotopic (exact) mass is 367 g/mol. The highest BCUT2D eigenvalue weighted by Gasteiger charge is 2.10. The Hall–Kier alpha value is -2.40. The number of hydrogen-bond donors (Lipinski definition) is 1. The molecule has 0 spiro atoms. The van der Waals surface area contributed by atoms with Crippen LogP contribution in [0.3, 0.4) is 0 Å². The molecular formula is C13H13N5O4S2. The molecule has 11 heteroatoms. The number of aryl methyl sites for hydroxylation is 1. The molecule has 24 heavy (non-hydrogen) atoms. The van der Waals surface area contributed by atoms with Gasteiger partial charge in [0, 0.05) is 5.69 Å². The van der Waals surface area contributed by atoms with Crippen LogP contribution in [0.15, 0.2) is 37.9 Å². The predicted molar refractivity (Wildman–Crippen MR) is 90.4 cm³/mol. The lowest BCUT2D eigenvalue weighted by molar-refractivity contribution is -0.402. The molecular weight excluding hydrogens is 354 g/mol. The summed E-state index contributed by atoms with van der Waals surface area (Å²) in [6, 6.07) is 4.39. The van der Waals surface area contributed by atoms with Gasteiger partial charge in [-0.15, -0.1) is 0 Å². The third-order valence-electron chi connectivity index (χ3n) is 2.52. The van der Waals surface area contributed by atoms with Crippen molar-refractivity contribution < 1.29 is 14.1 Å². The number of aromatic nitrogens is 2. The van der Waals surface area contributed by atoms with E-state index in [1.54, 1.807) is 6.07 Å². The predicted octanol–water partition coefficient (Wildman–Crippen LogP) is 2.25. The van der Waals surface area contributed by atoms with Crippen molar-refractivity contribution >= 4 is 41.5 Å². The lowest BCUT2D eigenvalue weighted by Crippen LogP contribution is -2.19. The van der Waals surface area contributed by atoms with Crippen LogP contribution in [0.25, 0.3) is 0 Å². The lowest BCUT2D eigenvalue weighted by Gasteiger charge is -2.03. The van der Waals surface area contributed by atoms with E-state index in [4.69, 9.17) is 4.42 Å². The summed E-state index contributed by atoms with van der Waals surface area (Å²) in [7, 11) is 0. The Morgan fingerprint density at radius 3 is 2.96 bits per heavy atom. The van der Waals surface area contributed by atoms with Crippen LogP contribution in [0.5, 0.6) is 0 Å². The Morgan fingerprint density at radius 1 is 1.50 bits per heavy atom. The molecule has 1 amide bonds. The van der Waals surface area contributed by atoms with Crippen LogP contribution in [0.4, 0.5) is 5.88 Å². The molecule has 0 radical (unpaired) electrons. The van der Waals surface area contributed by atoms with Gasteiger partial charge in [-0.1, -0.05) is 23.5 Å². The van der Waals surface area contributed by atoms with Crippen LogP contribution >= 0.6 is 23.5 Å². The minimum Gasteiger partial charge on any atom is -0.400 e. The molecule has 0 atom stereocenters. The standard InChI is InChI=1S/C13H13N5O4S2/c1-8-5-11(16-13(15-8)23-2)24-7-10(19)17-14-6-9-3-4-12(22-9)18(20)21/h3-6H,7H2,1-2H3,(H,17,19). The highest BCUT2D eigenvalue weighted by atomic mass is 32.2. The molecule has 0 aliphatic rings. The Balaban J connectivity index is 1.83. The van der Waals surface area contributed by atoms with Gasteiger partial charge >= 0.3 is 5.88 Å². The highest BCUT2D eigenvalue weighted by molar-refractivity contribution is 8.00. The Bertz CT molecular complexity index is 777. The maximum atomic E-state index is 11.7. The zero-order valence-electron chi connectivity index (χ0n) is 12.8. The second kappa shape index (κ2) is 8.45. The van der Waals surface area contributed by atoms with Crippen molar-refractivity contribution in [2.45, 2.75) is 17.1 Å². The number of rotatable bonds is 7. The number of thioether (sulfide) groups is 2. The molecule has 2 heterocycles. The Morgan fingerprint density at radius 2 is 2.29 bits per heavy atom. The molecule has 0 aliphatic carbocycles. The van der Waals surface area contributed by atoms with Crippen LogP contribution in [0.2, 0.25) is 0 Å². The molecule has 2 aromatic heterocycles. The van der Waals surface area contributed by atoms with Gasteiger partial charge in [0.15, 0.2) is 10.9 Å². The number of nitro groups is 1. The third-order valence-corrected chi connectivity index (χ3v) is 3.98. The first-order valence-corrected chi connectivity index (χ1v) is 8.77. The van der Waals surface area contributed by atoms with Crippen molar-refractivity contribution in [1.29, 1.82) is 0 Å². The molecule has 126 valence electrons. The Kier molecular flexibility index (Phi) is 6.32. The van der Waals surface area contributed by atoms with Crippen molar-refractivity contribution in [3.8, 4) is 0 Å². The van der Waals surface area contributed by atoms with E-state index >= 15 is 0 Å². The fraction of sp³-hybridized carbons (Fsp3) is 0.231. The van der Waals surface area contributed by atoms with Crippen molar-refractivity contribution in [3.63, 3.8) is 0 Å². The summed E-state index contributed by atoms with van der Waals surface area (Å²) in [5.74, 6) is -0.424. The highest BCUT2D eigenvalue weighted by Crippen LogP contribution is 2.19. The molecule has 1 N–H and O–H groups in total. The second-order valence-electron chi connectivity index (χ2n) is 4.35. The number of nitrogens with one attached hydrogen (secondary N) is 1. The minimum absolute atomic E-state index is 0.125. The summed E-state index contributed by atoms with van der Waals surface area (Å²) in [4.78, 5) is 30.1. The van der Waals surface area contributed by atoms with Gasteiger partial charge < -0.3 is 4.42 Å². The van der Waals surface area contributed by atoms with Crippen molar-refractivity contribution in [2.24, 2.45) is 5.10 Å². The summed E-state index contributed by atoms with van der Waals surface area (Å²) in [5, 5.41) is 15.5. The van der Waals surface area contributed by atoms with E-state index in [1.165, 1.54) is 41.9 Å². The van der Waals surface area contributed by atoms with Crippen LogP contribution in [0.1, 0.15) is 11.5 Å². The molecule has 0 unspecified atom stereocenters. The van der Waals surface area contributed by atoms with E-state index in [1.807, 2.05) is 13.2 Å². The van der Waals surface area contributed by atoms with Gasteiger partial charge in [-0.25, -0.2) is 15.4 Å². The zero-order chi connectivity index (χ0) is 17.5. The largest absolute Gasteiger partial charge is 0.433 e. The first kappa shape index (κ1) is 17.9. The first-order chi connectivity index (χ1) is 11.5. The molecule has 2 aromatic rings. The van der Waals surface area contributed by atoms with Gasteiger partial charge in [0.05, 0.1) is 18.0 Å². The number of nitrogens with zero attached hydrogens (tertiary/aromatic N) is 4. The second-order valence-corrected chi connectivity index (χ2v) is 6.12. The zero-order valence-corrected chi connectivity index (χ0v) is 14.4. The number of hydrazone groups is 1. The first-order valence-electron chi connectivity index (χ1n) is 6.56. The van der Waals surface area contributed by atoms with Gasteiger partial charge in [0.25, 0.3) is 0 Å². The molecule has 9 nitrogen and oxygen atoms in total. The van der Waals surface area contributed by atoms with E-state index < -0.39 is 4.92 Å². The summed E-state index contributed by atoms with van der Waals surface area (Å²) >= 11 is 2.69. The molecule has 2 rings (SSSR count). The number of furan rings is 1. The molecule has 0 saturated carbocycles. The Labute approximate surface area is 145 Å². The van der Waals surface area contributed by atoms with Crippen LogP contribution < -0.4 is 5.43 Å². The fourth-order valence-corrected chi connectivity index (χ4v) is 2.76. The summed E-state index contributed by atoms with van der Waals surface area (Å²) in [6.07, 6.45) is 3.07. The van der Waals surface area contributed by atoms with Gasteiger partial charge in [0.1, 0.15) is 9.95 Å². The molecule has 0 aliphatic heterocycles. The maximum Gasteiger partial charge on any atom is 0.433 e. The average molecular weight is 367 g/mol. The summed E-state index contributed by atoms with van der Waals surface area (Å²) in [5.41, 5.74) is 3.14. The van der Waals surface area contributed by atoms with E-state index in [2.05, 4.69) is 20.5 Å². The molecule has 0 aromatic carbocycles. The SMILES string of the molecule is CSc1nc(C)cc(SCC(=O)NN=Cc2ccc([N+](=O)[O-])o2)n1. The van der Waals surface area contributed by atoms with E-state index in [9.17, 15) is 14.9 Å². The fourth-order valence-electron chi connectivity index (χ4n) is 1.53. The summed E-state index contributed by atoms with van der Waals surface area (Å²) in [6.45, 7) is 1.86. The molecule has 0 saturated heterocycles. The quantitative estimate of drug-likeness (QED) is 0.197. The molecule has 0 fully saturated rings. The van der Waals surface area contributed by atoms with E-state index in [0.717, 1.165) is 5.69 Å². The van der Waals surface area contributed by atoms with Gasteiger partial charge in [-0.05, 0) is 25.3 Å². The van der Waals surface area contributed by atoms with E-state index in [-0.39, 0.29) is 23.3 Å². The van der Waals surface area contributed by atoms with Crippen LogP contribution in [-0.2, 0) is 4.79 Å². The average Bonchev–Trinajstić information content (AvgIpc) is 3.01. The number of carbonyl (C=O) groups excluding carboxylic acids is 1. The third kappa shape index (κ3) is 5.35. The van der Waals surface area contributed by atoms with Gasteiger partial charge in [0.2, 0.25) is 5.91 Å². The summed E-state index contributed by atoms with van der Waals surface area (Å²) < 4.78 is 4.87. The smallest absolute Gasteiger partial charge is 0.400 e. The van der Waals surface area contributed by atoms with Crippen LogP contribution in [-0.4, -0.2) is 39.0 Å². The van der Waals surface area contributed by atoms with Crippen LogP contribution in [0, 0.1) is 17.0 Å². The number of hydrogen-bond acceptors (Lipinski definition) is 9. The normalized spacial score (nSPS) is 10.9. The number of amides is 1. The van der Waals surface area contributed by atoms with Crippen molar-refractivity contribution in [1.82, 2.24) is 15.4 Å². The topological polar surface area (TPSA) is 124 Å².